The fourth-order valence-corrected chi connectivity index (χ4v) is 2.14. The molecule has 1 unspecified atom stereocenters. The zero-order valence-electron chi connectivity index (χ0n) is 12.0. The third kappa shape index (κ3) is 2.58. The Bertz CT molecular complexity index is 754. The molecule has 0 bridgehead atoms. The molecule has 0 saturated heterocycles. The van der Waals surface area contributed by atoms with Gasteiger partial charge in [0, 0.05) is 0 Å². The minimum Gasteiger partial charge on any atom is -0.397 e. The number of hydrogen-bond donors (Lipinski definition) is 1. The second-order valence-electron chi connectivity index (χ2n) is 4.90. The van der Waals surface area contributed by atoms with Gasteiger partial charge in [-0.25, -0.2) is 0 Å². The van der Waals surface area contributed by atoms with Crippen LogP contribution >= 0.6 is 0 Å². The van der Waals surface area contributed by atoms with Gasteiger partial charge in [0.25, 0.3) is 5.91 Å². The third-order valence-electron chi connectivity index (χ3n) is 3.31. The number of carbonyl (C=O) groups is 1. The SMILES string of the molecule is CC1=NN(c2ccccc2)C(=O)C1N=Nc1ccccc1N. The highest BCUT2D eigenvalue weighted by atomic mass is 16.2. The number of nitrogens with two attached hydrogens (primary N) is 1. The second kappa shape index (κ2) is 5.77. The summed E-state index contributed by atoms with van der Waals surface area (Å²) in [5.74, 6) is -0.220. The van der Waals surface area contributed by atoms with Crippen LogP contribution in [-0.2, 0) is 4.79 Å². The van der Waals surface area contributed by atoms with Crippen LogP contribution < -0.4 is 10.7 Å². The van der Waals surface area contributed by atoms with Crippen molar-refractivity contribution in [1.29, 1.82) is 0 Å². The van der Waals surface area contributed by atoms with Gasteiger partial charge in [0.2, 0.25) is 0 Å². The summed E-state index contributed by atoms with van der Waals surface area (Å²) in [6.07, 6.45) is 0. The van der Waals surface area contributed by atoms with Crippen LogP contribution in [-0.4, -0.2) is 17.7 Å². The Morgan fingerprint density at radius 1 is 1.09 bits per heavy atom. The highest BCUT2D eigenvalue weighted by Gasteiger charge is 2.34. The summed E-state index contributed by atoms with van der Waals surface area (Å²) < 4.78 is 0. The molecule has 0 saturated carbocycles. The van der Waals surface area contributed by atoms with Crippen molar-refractivity contribution in [1.82, 2.24) is 0 Å². The maximum absolute atomic E-state index is 12.4. The van der Waals surface area contributed by atoms with E-state index in [-0.39, 0.29) is 5.91 Å². The van der Waals surface area contributed by atoms with E-state index in [2.05, 4.69) is 15.3 Å². The molecule has 0 aromatic heterocycles. The summed E-state index contributed by atoms with van der Waals surface area (Å²) in [6.45, 7) is 1.76. The van der Waals surface area contributed by atoms with Gasteiger partial charge in [0.05, 0.1) is 17.1 Å². The molecule has 6 nitrogen and oxygen atoms in total. The molecule has 2 aromatic rings. The molecule has 0 aliphatic carbocycles. The third-order valence-corrected chi connectivity index (χ3v) is 3.31. The van der Waals surface area contributed by atoms with E-state index in [1.54, 1.807) is 19.1 Å². The minimum atomic E-state index is -0.709. The summed E-state index contributed by atoms with van der Waals surface area (Å²) in [4.78, 5) is 12.4. The highest BCUT2D eigenvalue weighted by molar-refractivity contribution is 6.18. The average molecular weight is 293 g/mol. The van der Waals surface area contributed by atoms with Crippen LogP contribution in [0.25, 0.3) is 0 Å². The molecule has 1 aliphatic rings. The summed E-state index contributed by atoms with van der Waals surface area (Å²) in [6, 6.07) is 15.7. The highest BCUT2D eigenvalue weighted by Crippen LogP contribution is 2.25. The topological polar surface area (TPSA) is 83.4 Å². The molecule has 1 amide bonds. The van der Waals surface area contributed by atoms with Gasteiger partial charge >= 0.3 is 0 Å². The van der Waals surface area contributed by atoms with Crippen molar-refractivity contribution in [2.45, 2.75) is 13.0 Å². The number of para-hydroxylation sites is 2. The van der Waals surface area contributed by atoms with Gasteiger partial charge in [-0.3, -0.25) is 4.79 Å². The maximum Gasteiger partial charge on any atom is 0.280 e. The maximum atomic E-state index is 12.4. The number of nitrogens with zero attached hydrogens (tertiary/aromatic N) is 4. The molecule has 1 heterocycles. The average Bonchev–Trinajstić information content (AvgIpc) is 2.82. The van der Waals surface area contributed by atoms with Crippen LogP contribution in [0.5, 0.6) is 0 Å². The predicted octanol–water partition coefficient (Wildman–Crippen LogP) is 3.14. The first-order valence-corrected chi connectivity index (χ1v) is 6.86. The van der Waals surface area contributed by atoms with Crippen molar-refractivity contribution in [2.75, 3.05) is 10.7 Å². The number of anilines is 2. The van der Waals surface area contributed by atoms with Crippen LogP contribution in [0.4, 0.5) is 17.1 Å². The van der Waals surface area contributed by atoms with E-state index in [1.165, 1.54) is 5.01 Å². The lowest BCUT2D eigenvalue weighted by Gasteiger charge is -2.11. The fraction of sp³-hybridized carbons (Fsp3) is 0.125. The van der Waals surface area contributed by atoms with Gasteiger partial charge in [-0.15, -0.1) is 0 Å². The molecular weight excluding hydrogens is 278 g/mol. The van der Waals surface area contributed by atoms with E-state index in [0.717, 1.165) is 0 Å². The van der Waals surface area contributed by atoms with Crippen LogP contribution in [0, 0.1) is 0 Å². The Morgan fingerprint density at radius 2 is 1.77 bits per heavy atom. The minimum absolute atomic E-state index is 0.220. The van der Waals surface area contributed by atoms with Crippen LogP contribution in [0.1, 0.15) is 6.92 Å². The predicted molar refractivity (Wildman–Crippen MR) is 86.2 cm³/mol. The van der Waals surface area contributed by atoms with Crippen molar-refractivity contribution < 1.29 is 4.79 Å². The summed E-state index contributed by atoms with van der Waals surface area (Å²) in [5, 5.41) is 13.8. The van der Waals surface area contributed by atoms with Gasteiger partial charge in [0.1, 0.15) is 5.69 Å². The number of amides is 1. The van der Waals surface area contributed by atoms with Crippen LogP contribution in [0.3, 0.4) is 0 Å². The largest absolute Gasteiger partial charge is 0.397 e. The van der Waals surface area contributed by atoms with Crippen molar-refractivity contribution in [2.24, 2.45) is 15.3 Å². The number of nitrogen functional groups attached to an aromatic ring is 1. The molecule has 1 aliphatic heterocycles. The second-order valence-corrected chi connectivity index (χ2v) is 4.90. The number of carbonyl (C=O) groups excluding carboxylic acids is 1. The molecule has 110 valence electrons. The van der Waals surface area contributed by atoms with E-state index in [1.807, 2.05) is 42.5 Å². The Labute approximate surface area is 128 Å². The summed E-state index contributed by atoms with van der Waals surface area (Å²) in [7, 11) is 0. The first kappa shape index (κ1) is 13.9. The van der Waals surface area contributed by atoms with E-state index in [0.29, 0.717) is 22.8 Å². The fourth-order valence-electron chi connectivity index (χ4n) is 2.14. The molecule has 2 aromatic carbocycles. The molecular formula is C16H15N5O. The lowest BCUT2D eigenvalue weighted by atomic mass is 10.2. The monoisotopic (exact) mass is 293 g/mol. The molecule has 6 heteroatoms. The Balaban J connectivity index is 1.83. The quantitative estimate of drug-likeness (QED) is 0.696. The van der Waals surface area contributed by atoms with Crippen molar-refractivity contribution in [3.05, 3.63) is 54.6 Å². The smallest absolute Gasteiger partial charge is 0.280 e. The van der Waals surface area contributed by atoms with Crippen molar-refractivity contribution in [3.63, 3.8) is 0 Å². The molecule has 22 heavy (non-hydrogen) atoms. The zero-order valence-corrected chi connectivity index (χ0v) is 12.0. The van der Waals surface area contributed by atoms with E-state index >= 15 is 0 Å². The van der Waals surface area contributed by atoms with E-state index in [9.17, 15) is 4.79 Å². The first-order chi connectivity index (χ1) is 10.7. The van der Waals surface area contributed by atoms with Gasteiger partial charge in [0.15, 0.2) is 6.04 Å². The molecule has 0 spiro atoms. The van der Waals surface area contributed by atoms with Gasteiger partial charge in [-0.1, -0.05) is 30.3 Å². The van der Waals surface area contributed by atoms with Gasteiger partial charge < -0.3 is 5.73 Å². The van der Waals surface area contributed by atoms with E-state index in [4.69, 9.17) is 5.73 Å². The standard InChI is InChI=1S/C16H15N5O/c1-11-15(19-18-14-10-6-5-9-13(14)17)16(22)21(20-11)12-7-3-2-4-8-12/h2-10,15H,17H2,1H3. The molecule has 3 rings (SSSR count). The Hall–Kier alpha value is -3.02. The first-order valence-electron chi connectivity index (χ1n) is 6.86. The molecule has 1 atom stereocenters. The molecule has 2 N–H and O–H groups in total. The van der Waals surface area contributed by atoms with Gasteiger partial charge in [-0.05, 0) is 31.2 Å². The lowest BCUT2D eigenvalue weighted by molar-refractivity contribution is -0.117. The van der Waals surface area contributed by atoms with E-state index < -0.39 is 6.04 Å². The summed E-state index contributed by atoms with van der Waals surface area (Å²) in [5.41, 5.74) is 8.19. The van der Waals surface area contributed by atoms with Crippen molar-refractivity contribution in [3.8, 4) is 0 Å². The number of hydrogen-bond acceptors (Lipinski definition) is 5. The Morgan fingerprint density at radius 3 is 2.50 bits per heavy atom. The number of benzene rings is 2. The van der Waals surface area contributed by atoms with Crippen LogP contribution in [0.15, 0.2) is 69.9 Å². The Kier molecular flexibility index (Phi) is 3.65. The molecule has 0 fully saturated rings. The normalized spacial score (nSPS) is 18.0. The van der Waals surface area contributed by atoms with Crippen molar-refractivity contribution >= 4 is 28.7 Å². The lowest BCUT2D eigenvalue weighted by Crippen LogP contribution is -2.29. The number of azo groups is 1. The summed E-state index contributed by atoms with van der Waals surface area (Å²) >= 11 is 0. The van der Waals surface area contributed by atoms with Gasteiger partial charge in [-0.2, -0.15) is 20.3 Å². The number of hydrazone groups is 1. The molecule has 0 radical (unpaired) electrons. The van der Waals surface area contributed by atoms with Crippen LogP contribution in [0.2, 0.25) is 0 Å². The zero-order chi connectivity index (χ0) is 15.5. The number of rotatable bonds is 3.